The lowest BCUT2D eigenvalue weighted by Crippen LogP contribution is -2.11. The van der Waals surface area contributed by atoms with Gasteiger partial charge < -0.3 is 14.1 Å². The summed E-state index contributed by atoms with van der Waals surface area (Å²) in [4.78, 5) is 15.6. The largest absolute Gasteiger partial charge is 0.457 e. The Labute approximate surface area is 145 Å². The summed E-state index contributed by atoms with van der Waals surface area (Å²) in [7, 11) is 0. The standard InChI is InChI=1S/C21H19NO3/c1-13-16-7-4-6-10-19(16)25-21(13)14(2)24-20(23)11-15-12-22-18-9-5-3-8-17(15)18/h3-10,12,14,22H,11H2,1-2H3/t14-/m0/s1. The van der Waals surface area contributed by atoms with Crippen molar-refractivity contribution < 1.29 is 13.9 Å². The Balaban J connectivity index is 1.52. The first-order valence-electron chi connectivity index (χ1n) is 8.36. The van der Waals surface area contributed by atoms with Gasteiger partial charge in [-0.1, -0.05) is 36.4 Å². The van der Waals surface area contributed by atoms with Crippen molar-refractivity contribution in [2.45, 2.75) is 26.4 Å². The van der Waals surface area contributed by atoms with Crippen LogP contribution in [-0.4, -0.2) is 11.0 Å². The van der Waals surface area contributed by atoms with Crippen LogP contribution >= 0.6 is 0 Å². The predicted octanol–water partition coefficient (Wildman–Crippen LogP) is 5.07. The van der Waals surface area contributed by atoms with E-state index >= 15 is 0 Å². The monoisotopic (exact) mass is 333 g/mol. The van der Waals surface area contributed by atoms with Gasteiger partial charge in [-0.3, -0.25) is 4.79 Å². The Morgan fingerprint density at radius 1 is 1.12 bits per heavy atom. The van der Waals surface area contributed by atoms with E-state index in [2.05, 4.69) is 4.98 Å². The number of aromatic nitrogens is 1. The highest BCUT2D eigenvalue weighted by molar-refractivity contribution is 5.87. The highest BCUT2D eigenvalue weighted by Gasteiger charge is 2.20. The SMILES string of the molecule is Cc1c([C@H](C)OC(=O)Cc2c[nH]c3ccccc23)oc2ccccc12. The summed E-state index contributed by atoms with van der Waals surface area (Å²) in [5, 5.41) is 2.10. The highest BCUT2D eigenvalue weighted by Crippen LogP contribution is 2.31. The maximum atomic E-state index is 12.4. The molecule has 0 aliphatic carbocycles. The second kappa shape index (κ2) is 6.13. The highest BCUT2D eigenvalue weighted by atomic mass is 16.6. The summed E-state index contributed by atoms with van der Waals surface area (Å²) in [5.74, 6) is 0.436. The minimum absolute atomic E-state index is 0.230. The Kier molecular flexibility index (Phi) is 3.80. The van der Waals surface area contributed by atoms with Crippen LogP contribution in [0.5, 0.6) is 0 Å². The smallest absolute Gasteiger partial charge is 0.311 e. The summed E-state index contributed by atoms with van der Waals surface area (Å²) in [5.41, 5.74) is 3.79. The van der Waals surface area contributed by atoms with Crippen molar-refractivity contribution >= 4 is 27.8 Å². The molecule has 25 heavy (non-hydrogen) atoms. The van der Waals surface area contributed by atoms with E-state index in [1.807, 2.05) is 68.6 Å². The molecular formula is C21H19NO3. The molecule has 2 heterocycles. The van der Waals surface area contributed by atoms with Crippen LogP contribution in [0.1, 0.15) is 29.9 Å². The number of nitrogens with one attached hydrogen (secondary N) is 1. The van der Waals surface area contributed by atoms with Gasteiger partial charge in [-0.05, 0) is 31.5 Å². The van der Waals surface area contributed by atoms with Crippen LogP contribution in [0.25, 0.3) is 21.9 Å². The predicted molar refractivity (Wildman–Crippen MR) is 97.5 cm³/mol. The number of ether oxygens (including phenoxy) is 1. The molecule has 2 aromatic carbocycles. The number of carbonyl (C=O) groups is 1. The Morgan fingerprint density at radius 2 is 1.84 bits per heavy atom. The first kappa shape index (κ1) is 15.5. The van der Waals surface area contributed by atoms with Crippen LogP contribution in [0.15, 0.2) is 59.1 Å². The zero-order valence-electron chi connectivity index (χ0n) is 14.2. The van der Waals surface area contributed by atoms with E-state index in [0.29, 0.717) is 5.76 Å². The third-order valence-corrected chi connectivity index (χ3v) is 4.57. The van der Waals surface area contributed by atoms with Gasteiger partial charge in [0.25, 0.3) is 0 Å². The molecule has 2 aromatic heterocycles. The van der Waals surface area contributed by atoms with E-state index in [0.717, 1.165) is 33.0 Å². The van der Waals surface area contributed by atoms with E-state index in [1.165, 1.54) is 0 Å². The molecule has 0 unspecified atom stereocenters. The minimum atomic E-state index is -0.426. The van der Waals surface area contributed by atoms with E-state index < -0.39 is 6.10 Å². The molecule has 0 spiro atoms. The molecule has 0 bridgehead atoms. The maximum Gasteiger partial charge on any atom is 0.311 e. The molecule has 1 N–H and O–H groups in total. The van der Waals surface area contributed by atoms with Crippen LogP contribution in [0, 0.1) is 6.92 Å². The Bertz CT molecular complexity index is 1060. The zero-order valence-corrected chi connectivity index (χ0v) is 14.2. The number of fused-ring (bicyclic) bond motifs is 2. The van der Waals surface area contributed by atoms with Crippen molar-refractivity contribution in [2.24, 2.45) is 0 Å². The number of benzene rings is 2. The minimum Gasteiger partial charge on any atom is -0.457 e. The molecule has 0 radical (unpaired) electrons. The number of hydrogen-bond acceptors (Lipinski definition) is 3. The fraction of sp³-hybridized carbons (Fsp3) is 0.190. The number of H-pyrrole nitrogens is 1. The first-order valence-corrected chi connectivity index (χ1v) is 8.36. The molecule has 0 fully saturated rings. The lowest BCUT2D eigenvalue weighted by molar-refractivity contribution is -0.148. The molecule has 126 valence electrons. The summed E-state index contributed by atoms with van der Waals surface area (Å²) >= 11 is 0. The van der Waals surface area contributed by atoms with Crippen LogP contribution in [0.4, 0.5) is 0 Å². The molecule has 0 saturated carbocycles. The van der Waals surface area contributed by atoms with Crippen molar-refractivity contribution in [3.63, 3.8) is 0 Å². The third kappa shape index (κ3) is 2.80. The first-order chi connectivity index (χ1) is 12.1. The molecule has 4 nitrogen and oxygen atoms in total. The van der Waals surface area contributed by atoms with Gasteiger partial charge in [0.1, 0.15) is 11.3 Å². The Hall–Kier alpha value is -3.01. The molecule has 0 aliphatic heterocycles. The van der Waals surface area contributed by atoms with Crippen molar-refractivity contribution in [1.82, 2.24) is 4.98 Å². The fourth-order valence-corrected chi connectivity index (χ4v) is 3.31. The van der Waals surface area contributed by atoms with E-state index in [1.54, 1.807) is 0 Å². The normalized spacial score (nSPS) is 12.6. The van der Waals surface area contributed by atoms with Crippen LogP contribution in [-0.2, 0) is 16.0 Å². The summed E-state index contributed by atoms with van der Waals surface area (Å²) in [6, 6.07) is 15.8. The average Bonchev–Trinajstić information content (AvgIpc) is 3.17. The molecule has 4 rings (SSSR count). The number of aryl methyl sites for hydroxylation is 1. The average molecular weight is 333 g/mol. The van der Waals surface area contributed by atoms with E-state index in [9.17, 15) is 4.79 Å². The summed E-state index contributed by atoms with van der Waals surface area (Å²) in [6.07, 6.45) is 1.67. The topological polar surface area (TPSA) is 55.2 Å². The van der Waals surface area contributed by atoms with Crippen LogP contribution < -0.4 is 0 Å². The molecule has 1 atom stereocenters. The molecule has 0 aliphatic rings. The number of esters is 1. The van der Waals surface area contributed by atoms with Crippen LogP contribution in [0.3, 0.4) is 0 Å². The second-order valence-electron chi connectivity index (χ2n) is 6.26. The van der Waals surface area contributed by atoms with Gasteiger partial charge in [0.2, 0.25) is 0 Å². The van der Waals surface area contributed by atoms with Crippen molar-refractivity contribution in [1.29, 1.82) is 0 Å². The van der Waals surface area contributed by atoms with Gasteiger partial charge in [0, 0.05) is 28.0 Å². The van der Waals surface area contributed by atoms with Crippen molar-refractivity contribution in [3.8, 4) is 0 Å². The van der Waals surface area contributed by atoms with Crippen molar-refractivity contribution in [3.05, 3.63) is 71.6 Å². The lowest BCUT2D eigenvalue weighted by Gasteiger charge is -2.11. The van der Waals surface area contributed by atoms with Crippen molar-refractivity contribution in [2.75, 3.05) is 0 Å². The third-order valence-electron chi connectivity index (χ3n) is 4.57. The van der Waals surface area contributed by atoms with Gasteiger partial charge in [0.15, 0.2) is 6.10 Å². The molecule has 4 aromatic rings. The van der Waals surface area contributed by atoms with Crippen LogP contribution in [0.2, 0.25) is 0 Å². The number of rotatable bonds is 4. The number of carbonyl (C=O) groups excluding carboxylic acids is 1. The van der Waals surface area contributed by atoms with Gasteiger partial charge in [0.05, 0.1) is 6.42 Å². The van der Waals surface area contributed by atoms with E-state index in [4.69, 9.17) is 9.15 Å². The molecule has 4 heteroatoms. The Morgan fingerprint density at radius 3 is 2.64 bits per heavy atom. The number of furan rings is 1. The lowest BCUT2D eigenvalue weighted by atomic mass is 10.1. The molecule has 0 amide bonds. The summed E-state index contributed by atoms with van der Waals surface area (Å²) in [6.45, 7) is 3.84. The fourth-order valence-electron chi connectivity index (χ4n) is 3.31. The van der Waals surface area contributed by atoms with Gasteiger partial charge in [-0.2, -0.15) is 0 Å². The molecule has 0 saturated heterocycles. The maximum absolute atomic E-state index is 12.4. The summed E-state index contributed by atoms with van der Waals surface area (Å²) < 4.78 is 11.5. The number of aromatic amines is 1. The quantitative estimate of drug-likeness (QED) is 0.531. The zero-order chi connectivity index (χ0) is 17.4. The van der Waals surface area contributed by atoms with E-state index in [-0.39, 0.29) is 12.4 Å². The molecular weight excluding hydrogens is 314 g/mol. The van der Waals surface area contributed by atoms with Gasteiger partial charge >= 0.3 is 5.97 Å². The van der Waals surface area contributed by atoms with Gasteiger partial charge in [-0.25, -0.2) is 0 Å². The number of para-hydroxylation sites is 2. The number of hydrogen-bond donors (Lipinski definition) is 1. The second-order valence-corrected chi connectivity index (χ2v) is 6.26. The van der Waals surface area contributed by atoms with Gasteiger partial charge in [-0.15, -0.1) is 0 Å².